The number of hydrogen-bond acceptors (Lipinski definition) is 0. The van der Waals surface area contributed by atoms with Gasteiger partial charge in [0.15, 0.2) is 0 Å². The van der Waals surface area contributed by atoms with Crippen molar-refractivity contribution in [1.29, 1.82) is 0 Å². The first-order valence-corrected chi connectivity index (χ1v) is 10.1. The first-order valence-electron chi connectivity index (χ1n) is 10.1. The van der Waals surface area contributed by atoms with Crippen molar-refractivity contribution in [3.05, 3.63) is 83.4 Å². The van der Waals surface area contributed by atoms with Crippen LogP contribution in [0, 0.1) is 17.8 Å². The lowest BCUT2D eigenvalue weighted by Gasteiger charge is -2.26. The van der Waals surface area contributed by atoms with Gasteiger partial charge in [0.2, 0.25) is 0 Å². The third-order valence-corrected chi connectivity index (χ3v) is 5.60. The molecule has 0 amide bonds. The summed E-state index contributed by atoms with van der Waals surface area (Å²) in [5, 5.41) is 0. The molecule has 0 aliphatic heterocycles. The molecule has 1 saturated carbocycles. The molecule has 0 heterocycles. The third kappa shape index (κ3) is 5.12. The maximum atomic E-state index is 3.78. The molecule has 0 saturated heterocycles. The molecule has 2 aromatic carbocycles. The van der Waals surface area contributed by atoms with E-state index >= 15 is 0 Å². The number of aryl methyl sites for hydroxylation is 2. The Morgan fingerprint density at radius 2 is 1.58 bits per heavy atom. The molecule has 26 heavy (non-hydrogen) atoms. The average molecular weight is 343 g/mol. The number of benzene rings is 2. The van der Waals surface area contributed by atoms with Crippen molar-refractivity contribution >= 4 is 0 Å². The zero-order chi connectivity index (χ0) is 18.2. The first-order chi connectivity index (χ1) is 12.8. The van der Waals surface area contributed by atoms with Crippen LogP contribution >= 0.6 is 0 Å². The summed E-state index contributed by atoms with van der Waals surface area (Å²) >= 11 is 0. The zero-order valence-corrected chi connectivity index (χ0v) is 16.0. The fraction of sp³-hybridized carbons (Fsp3) is 0.385. The van der Waals surface area contributed by atoms with Crippen molar-refractivity contribution in [3.63, 3.8) is 0 Å². The Kier molecular flexibility index (Phi) is 6.73. The van der Waals surface area contributed by atoms with Crippen molar-refractivity contribution in [2.75, 3.05) is 0 Å². The van der Waals surface area contributed by atoms with Crippen molar-refractivity contribution in [2.24, 2.45) is 5.92 Å². The SMILES string of the molecule is C=CCCc1ccc(C#CC2CCC(c3ccc(CC)cc3)CC2)cc1. The topological polar surface area (TPSA) is 0 Å². The zero-order valence-electron chi connectivity index (χ0n) is 16.0. The van der Waals surface area contributed by atoms with E-state index in [0.29, 0.717) is 5.92 Å². The molecule has 0 spiro atoms. The second-order valence-electron chi connectivity index (χ2n) is 7.44. The van der Waals surface area contributed by atoms with Gasteiger partial charge in [-0.1, -0.05) is 61.2 Å². The second kappa shape index (κ2) is 9.44. The van der Waals surface area contributed by atoms with E-state index in [-0.39, 0.29) is 0 Å². The smallest absolute Gasteiger partial charge is 0.0245 e. The Balaban J connectivity index is 1.52. The van der Waals surface area contributed by atoms with Crippen molar-refractivity contribution in [2.45, 2.75) is 57.8 Å². The highest BCUT2D eigenvalue weighted by Crippen LogP contribution is 2.35. The Bertz CT molecular complexity index is 744. The van der Waals surface area contributed by atoms with Crippen LogP contribution in [0.1, 0.15) is 67.2 Å². The van der Waals surface area contributed by atoms with Crippen molar-refractivity contribution in [1.82, 2.24) is 0 Å². The van der Waals surface area contributed by atoms with E-state index in [2.05, 4.69) is 73.9 Å². The van der Waals surface area contributed by atoms with Gasteiger partial charge in [-0.2, -0.15) is 0 Å². The van der Waals surface area contributed by atoms with Crippen molar-refractivity contribution < 1.29 is 0 Å². The standard InChI is InChI=1S/C26H30/c1-3-5-6-22-7-9-23(10-8-22)11-12-24-15-19-26(20-16-24)25-17-13-21(4-2)14-18-25/h3,7-10,13-14,17-18,24,26H,1,4-6,15-16,19-20H2,2H3. The van der Waals surface area contributed by atoms with E-state index in [9.17, 15) is 0 Å². The molecule has 0 heteroatoms. The largest absolute Gasteiger partial charge is 0.103 e. The molecule has 1 fully saturated rings. The highest BCUT2D eigenvalue weighted by Gasteiger charge is 2.21. The monoisotopic (exact) mass is 342 g/mol. The Labute approximate surface area is 159 Å². The molecule has 0 radical (unpaired) electrons. The first kappa shape index (κ1) is 18.5. The lowest BCUT2D eigenvalue weighted by Crippen LogP contribution is -2.12. The summed E-state index contributed by atoms with van der Waals surface area (Å²) in [5.41, 5.74) is 5.46. The number of rotatable bonds is 5. The third-order valence-electron chi connectivity index (χ3n) is 5.60. The van der Waals surface area contributed by atoms with Gasteiger partial charge in [0.25, 0.3) is 0 Å². The van der Waals surface area contributed by atoms with Gasteiger partial charge in [0.1, 0.15) is 0 Å². The summed E-state index contributed by atoms with van der Waals surface area (Å²) < 4.78 is 0. The van der Waals surface area contributed by atoms with E-state index in [1.807, 2.05) is 6.08 Å². The van der Waals surface area contributed by atoms with Gasteiger partial charge in [-0.15, -0.1) is 6.58 Å². The lowest BCUT2D eigenvalue weighted by molar-refractivity contribution is 0.384. The van der Waals surface area contributed by atoms with E-state index < -0.39 is 0 Å². The Morgan fingerprint density at radius 3 is 2.19 bits per heavy atom. The average Bonchev–Trinajstić information content (AvgIpc) is 2.72. The summed E-state index contributed by atoms with van der Waals surface area (Å²) in [6, 6.07) is 18.0. The minimum absolute atomic E-state index is 0.557. The quantitative estimate of drug-likeness (QED) is 0.419. The summed E-state index contributed by atoms with van der Waals surface area (Å²) in [6.07, 6.45) is 10.2. The lowest BCUT2D eigenvalue weighted by atomic mass is 9.79. The van der Waals surface area contributed by atoms with Gasteiger partial charge in [0, 0.05) is 11.5 Å². The fourth-order valence-corrected chi connectivity index (χ4v) is 3.81. The molecule has 0 atom stereocenters. The van der Waals surface area contributed by atoms with Crippen LogP contribution in [-0.2, 0) is 12.8 Å². The Hall–Kier alpha value is -2.26. The second-order valence-corrected chi connectivity index (χ2v) is 7.44. The molecule has 0 nitrogen and oxygen atoms in total. The Morgan fingerprint density at radius 1 is 0.923 bits per heavy atom. The van der Waals surface area contributed by atoms with Crippen molar-refractivity contribution in [3.8, 4) is 11.8 Å². The van der Waals surface area contributed by atoms with Crippen LogP contribution < -0.4 is 0 Å². The van der Waals surface area contributed by atoms with Crippen LogP contribution in [0.25, 0.3) is 0 Å². The summed E-state index contributed by atoms with van der Waals surface area (Å²) in [7, 11) is 0. The molecule has 1 aliphatic rings. The minimum Gasteiger partial charge on any atom is -0.103 e. The molecule has 0 N–H and O–H groups in total. The maximum Gasteiger partial charge on any atom is 0.0245 e. The molecule has 0 unspecified atom stereocenters. The predicted octanol–water partition coefficient (Wildman–Crippen LogP) is 6.69. The normalized spacial score (nSPS) is 19.4. The number of allylic oxidation sites excluding steroid dienone is 1. The molecule has 134 valence electrons. The van der Waals surface area contributed by atoms with Crippen LogP contribution in [-0.4, -0.2) is 0 Å². The van der Waals surface area contributed by atoms with Gasteiger partial charge < -0.3 is 0 Å². The van der Waals surface area contributed by atoms with Crippen LogP contribution in [0.15, 0.2) is 61.2 Å². The van der Waals surface area contributed by atoms with Crippen LogP contribution in [0.2, 0.25) is 0 Å². The molecule has 0 bridgehead atoms. The fourth-order valence-electron chi connectivity index (χ4n) is 3.81. The van der Waals surface area contributed by atoms with Gasteiger partial charge in [-0.05, 0) is 79.7 Å². The van der Waals surface area contributed by atoms with Crippen LogP contribution in [0.5, 0.6) is 0 Å². The van der Waals surface area contributed by atoms with Crippen LogP contribution in [0.3, 0.4) is 0 Å². The van der Waals surface area contributed by atoms with E-state index in [1.54, 1.807) is 0 Å². The molecular formula is C26H30. The predicted molar refractivity (Wildman–Crippen MR) is 112 cm³/mol. The molecule has 3 rings (SSSR count). The molecule has 2 aromatic rings. The van der Waals surface area contributed by atoms with Gasteiger partial charge >= 0.3 is 0 Å². The van der Waals surface area contributed by atoms with Crippen LogP contribution in [0.4, 0.5) is 0 Å². The molecule has 0 aromatic heterocycles. The van der Waals surface area contributed by atoms with E-state index in [1.165, 1.54) is 42.4 Å². The highest BCUT2D eigenvalue weighted by atomic mass is 14.2. The summed E-state index contributed by atoms with van der Waals surface area (Å²) in [4.78, 5) is 0. The maximum absolute atomic E-state index is 3.78. The van der Waals surface area contributed by atoms with Gasteiger partial charge in [-0.25, -0.2) is 0 Å². The number of hydrogen-bond donors (Lipinski definition) is 0. The summed E-state index contributed by atoms with van der Waals surface area (Å²) in [6.45, 7) is 6.00. The van der Waals surface area contributed by atoms with Gasteiger partial charge in [0.05, 0.1) is 0 Å². The van der Waals surface area contributed by atoms with E-state index in [4.69, 9.17) is 0 Å². The highest BCUT2D eigenvalue weighted by molar-refractivity contribution is 5.37. The van der Waals surface area contributed by atoms with E-state index in [0.717, 1.165) is 30.7 Å². The minimum atomic E-state index is 0.557. The molecular weight excluding hydrogens is 312 g/mol. The summed E-state index contributed by atoms with van der Waals surface area (Å²) in [5.74, 6) is 8.20. The van der Waals surface area contributed by atoms with Gasteiger partial charge in [-0.3, -0.25) is 0 Å². The molecule has 1 aliphatic carbocycles.